The number of anilines is 1. The van der Waals surface area contributed by atoms with Crippen molar-refractivity contribution in [2.75, 3.05) is 11.6 Å². The van der Waals surface area contributed by atoms with Gasteiger partial charge in [-0.25, -0.2) is 9.97 Å². The van der Waals surface area contributed by atoms with Crippen molar-refractivity contribution in [1.82, 2.24) is 9.97 Å². The van der Waals surface area contributed by atoms with Gasteiger partial charge in [0.25, 0.3) is 0 Å². The first kappa shape index (κ1) is 11.9. The molecule has 2 rings (SSSR count). The quantitative estimate of drug-likeness (QED) is 0.662. The van der Waals surface area contributed by atoms with E-state index in [2.05, 4.69) is 34.3 Å². The van der Waals surface area contributed by atoms with Crippen molar-refractivity contribution in [2.45, 2.75) is 18.0 Å². The van der Waals surface area contributed by atoms with Crippen LogP contribution in [0.5, 0.6) is 0 Å². The van der Waals surface area contributed by atoms with Crippen molar-refractivity contribution in [3.05, 3.63) is 48.3 Å². The molecule has 0 aliphatic heterocycles. The SMILES string of the molecule is CSc1cc(N[C@H](C)c2ccccc2)ncn1. The van der Waals surface area contributed by atoms with Crippen molar-refractivity contribution in [3.63, 3.8) is 0 Å². The first-order valence-electron chi connectivity index (χ1n) is 5.47. The Hall–Kier alpha value is -1.55. The summed E-state index contributed by atoms with van der Waals surface area (Å²) in [4.78, 5) is 8.37. The molecule has 0 saturated carbocycles. The molecule has 0 unspecified atom stereocenters. The van der Waals surface area contributed by atoms with Crippen LogP contribution in [0.15, 0.2) is 47.8 Å². The number of rotatable bonds is 4. The predicted molar refractivity (Wildman–Crippen MR) is 72.3 cm³/mol. The zero-order valence-corrected chi connectivity index (χ0v) is 10.7. The van der Waals surface area contributed by atoms with E-state index in [1.165, 1.54) is 5.56 Å². The minimum atomic E-state index is 0.237. The molecule has 1 aromatic carbocycles. The van der Waals surface area contributed by atoms with Gasteiger partial charge in [-0.05, 0) is 18.7 Å². The molecule has 0 fully saturated rings. The van der Waals surface area contributed by atoms with Gasteiger partial charge in [-0.15, -0.1) is 11.8 Å². The number of hydrogen-bond acceptors (Lipinski definition) is 4. The minimum absolute atomic E-state index is 0.237. The Balaban J connectivity index is 2.10. The smallest absolute Gasteiger partial charge is 0.130 e. The van der Waals surface area contributed by atoms with Crippen LogP contribution >= 0.6 is 11.8 Å². The number of nitrogens with zero attached hydrogens (tertiary/aromatic N) is 2. The van der Waals surface area contributed by atoms with E-state index < -0.39 is 0 Å². The highest BCUT2D eigenvalue weighted by molar-refractivity contribution is 7.98. The molecule has 0 aliphatic rings. The molecule has 0 spiro atoms. The first-order chi connectivity index (χ1) is 8.29. The van der Waals surface area contributed by atoms with E-state index in [4.69, 9.17) is 0 Å². The van der Waals surface area contributed by atoms with Gasteiger partial charge in [-0.1, -0.05) is 30.3 Å². The monoisotopic (exact) mass is 245 g/mol. The van der Waals surface area contributed by atoms with Crippen LogP contribution in [0.4, 0.5) is 5.82 Å². The van der Waals surface area contributed by atoms with Crippen LogP contribution in [0.3, 0.4) is 0 Å². The fourth-order valence-electron chi connectivity index (χ4n) is 1.58. The molecular formula is C13H15N3S. The van der Waals surface area contributed by atoms with Gasteiger partial charge in [0.05, 0.1) is 0 Å². The molecule has 0 aliphatic carbocycles. The Morgan fingerprint density at radius 2 is 1.94 bits per heavy atom. The highest BCUT2D eigenvalue weighted by Gasteiger charge is 2.05. The Bertz CT molecular complexity index is 473. The molecule has 17 heavy (non-hydrogen) atoms. The molecule has 1 heterocycles. The van der Waals surface area contributed by atoms with Crippen molar-refractivity contribution in [2.24, 2.45) is 0 Å². The van der Waals surface area contributed by atoms with Crippen molar-refractivity contribution >= 4 is 17.6 Å². The maximum Gasteiger partial charge on any atom is 0.130 e. The standard InChI is InChI=1S/C13H15N3S/c1-10(11-6-4-3-5-7-11)16-12-8-13(17-2)15-9-14-12/h3-10H,1-2H3,(H,14,15,16)/t10-/m1/s1. The van der Waals surface area contributed by atoms with Gasteiger partial charge in [0.1, 0.15) is 17.2 Å². The van der Waals surface area contributed by atoms with Gasteiger partial charge < -0.3 is 5.32 Å². The number of nitrogens with one attached hydrogen (secondary N) is 1. The summed E-state index contributed by atoms with van der Waals surface area (Å²) >= 11 is 1.61. The molecule has 2 aromatic rings. The Labute approximate surface area is 106 Å². The lowest BCUT2D eigenvalue weighted by molar-refractivity contribution is 0.866. The first-order valence-corrected chi connectivity index (χ1v) is 6.69. The second-order valence-corrected chi connectivity index (χ2v) is 4.55. The Kier molecular flexibility index (Phi) is 3.98. The Morgan fingerprint density at radius 1 is 1.18 bits per heavy atom. The number of hydrogen-bond donors (Lipinski definition) is 1. The average Bonchev–Trinajstić information content (AvgIpc) is 2.40. The normalized spacial score (nSPS) is 12.1. The molecular weight excluding hydrogens is 230 g/mol. The fraction of sp³-hybridized carbons (Fsp3) is 0.231. The second kappa shape index (κ2) is 5.68. The van der Waals surface area contributed by atoms with Crippen LogP contribution in [-0.2, 0) is 0 Å². The van der Waals surface area contributed by atoms with Gasteiger partial charge in [0.15, 0.2) is 0 Å². The van der Waals surface area contributed by atoms with Crippen LogP contribution in [-0.4, -0.2) is 16.2 Å². The van der Waals surface area contributed by atoms with E-state index >= 15 is 0 Å². The van der Waals surface area contributed by atoms with E-state index in [0.29, 0.717) is 0 Å². The highest BCUT2D eigenvalue weighted by atomic mass is 32.2. The largest absolute Gasteiger partial charge is 0.363 e. The van der Waals surface area contributed by atoms with Gasteiger partial charge in [-0.3, -0.25) is 0 Å². The summed E-state index contributed by atoms with van der Waals surface area (Å²) < 4.78 is 0. The zero-order valence-electron chi connectivity index (χ0n) is 9.92. The van der Waals surface area contributed by atoms with E-state index in [-0.39, 0.29) is 6.04 Å². The lowest BCUT2D eigenvalue weighted by Crippen LogP contribution is -2.07. The summed E-state index contributed by atoms with van der Waals surface area (Å²) in [5.74, 6) is 0.862. The van der Waals surface area contributed by atoms with Crippen LogP contribution in [0.2, 0.25) is 0 Å². The molecule has 1 atom stereocenters. The summed E-state index contributed by atoms with van der Waals surface area (Å²) in [5.41, 5.74) is 1.25. The lowest BCUT2D eigenvalue weighted by atomic mass is 10.1. The maximum atomic E-state index is 4.22. The lowest BCUT2D eigenvalue weighted by Gasteiger charge is -2.14. The Morgan fingerprint density at radius 3 is 2.65 bits per heavy atom. The van der Waals surface area contributed by atoms with Crippen LogP contribution in [0.25, 0.3) is 0 Å². The molecule has 88 valence electrons. The topological polar surface area (TPSA) is 37.8 Å². The molecule has 3 nitrogen and oxygen atoms in total. The van der Waals surface area contributed by atoms with Crippen molar-refractivity contribution in [1.29, 1.82) is 0 Å². The summed E-state index contributed by atoms with van der Waals surface area (Å²) in [5, 5.41) is 4.34. The van der Waals surface area contributed by atoms with Crippen molar-refractivity contribution < 1.29 is 0 Å². The highest BCUT2D eigenvalue weighted by Crippen LogP contribution is 2.19. The van der Waals surface area contributed by atoms with E-state index in [0.717, 1.165) is 10.8 Å². The third-order valence-corrected chi connectivity index (χ3v) is 3.16. The van der Waals surface area contributed by atoms with Gasteiger partial charge in [0, 0.05) is 12.1 Å². The second-order valence-electron chi connectivity index (χ2n) is 3.72. The third-order valence-electron chi connectivity index (χ3n) is 2.52. The van der Waals surface area contributed by atoms with Gasteiger partial charge in [0.2, 0.25) is 0 Å². The molecule has 0 bridgehead atoms. The summed E-state index contributed by atoms with van der Waals surface area (Å²) in [6, 6.07) is 12.5. The third kappa shape index (κ3) is 3.20. The van der Waals surface area contributed by atoms with E-state index in [1.807, 2.05) is 30.5 Å². The van der Waals surface area contributed by atoms with Crippen molar-refractivity contribution in [3.8, 4) is 0 Å². The predicted octanol–water partition coefficient (Wildman–Crippen LogP) is 3.37. The molecule has 1 N–H and O–H groups in total. The average molecular weight is 245 g/mol. The summed E-state index contributed by atoms with van der Waals surface area (Å²) in [7, 11) is 0. The summed E-state index contributed by atoms with van der Waals surface area (Å²) in [6.07, 6.45) is 3.60. The van der Waals surface area contributed by atoms with Crippen LogP contribution in [0.1, 0.15) is 18.5 Å². The number of thioether (sulfide) groups is 1. The van der Waals surface area contributed by atoms with E-state index in [9.17, 15) is 0 Å². The minimum Gasteiger partial charge on any atom is -0.363 e. The molecule has 0 saturated heterocycles. The molecule has 1 aromatic heterocycles. The zero-order chi connectivity index (χ0) is 12.1. The number of aromatic nitrogens is 2. The van der Waals surface area contributed by atoms with Crippen LogP contribution in [0, 0.1) is 0 Å². The van der Waals surface area contributed by atoms with E-state index in [1.54, 1.807) is 18.1 Å². The maximum absolute atomic E-state index is 4.22. The molecule has 4 heteroatoms. The molecule has 0 radical (unpaired) electrons. The summed E-state index contributed by atoms with van der Waals surface area (Å²) in [6.45, 7) is 2.12. The number of benzene rings is 1. The molecule has 0 amide bonds. The fourth-order valence-corrected chi connectivity index (χ4v) is 1.96. The van der Waals surface area contributed by atoms with Gasteiger partial charge in [-0.2, -0.15) is 0 Å². The van der Waals surface area contributed by atoms with Gasteiger partial charge >= 0.3 is 0 Å². The van der Waals surface area contributed by atoms with Crippen LogP contribution < -0.4 is 5.32 Å².